The highest BCUT2D eigenvalue weighted by atomic mass is 16.7. The van der Waals surface area contributed by atoms with E-state index in [2.05, 4.69) is 4.74 Å². The van der Waals surface area contributed by atoms with Crippen LogP contribution in [0.25, 0.3) is 0 Å². The van der Waals surface area contributed by atoms with E-state index < -0.39 is 24.3 Å². The van der Waals surface area contributed by atoms with Gasteiger partial charge in [0.15, 0.2) is 12.0 Å². The summed E-state index contributed by atoms with van der Waals surface area (Å²) in [6.45, 7) is 3.28. The monoisotopic (exact) mass is 336 g/mol. The van der Waals surface area contributed by atoms with Gasteiger partial charge in [0.2, 0.25) is 0 Å². The number of likely N-dealkylation sites (tertiary alicyclic amines) is 1. The van der Waals surface area contributed by atoms with E-state index in [-0.39, 0.29) is 0 Å². The first-order valence-electron chi connectivity index (χ1n) is 7.75. The molecule has 1 fully saturated rings. The van der Waals surface area contributed by atoms with Gasteiger partial charge in [0.1, 0.15) is 0 Å². The maximum absolute atomic E-state index is 11.7. The molecule has 1 aliphatic heterocycles. The molecule has 2 rings (SSSR count). The third-order valence-corrected chi connectivity index (χ3v) is 3.53. The molecule has 1 heterocycles. The van der Waals surface area contributed by atoms with Crippen LogP contribution in [0.3, 0.4) is 0 Å². The molecule has 0 saturated carbocycles. The van der Waals surface area contributed by atoms with Crippen LogP contribution in [0.2, 0.25) is 0 Å². The van der Waals surface area contributed by atoms with E-state index in [1.165, 1.54) is 0 Å². The maximum Gasteiger partial charge on any atom is 0.448 e. The molecular weight excluding hydrogens is 316 g/mol. The molecular formula is C16H20N2O6. The summed E-state index contributed by atoms with van der Waals surface area (Å²) in [6, 6.07) is 8.36. The second-order valence-electron chi connectivity index (χ2n) is 5.30. The van der Waals surface area contributed by atoms with Crippen LogP contribution in [0, 0.1) is 0 Å². The molecule has 130 valence electrons. The lowest BCUT2D eigenvalue weighted by Gasteiger charge is -2.31. The van der Waals surface area contributed by atoms with Gasteiger partial charge in [0.25, 0.3) is 0 Å². The van der Waals surface area contributed by atoms with Crippen LogP contribution in [0.1, 0.15) is 26.2 Å². The summed E-state index contributed by atoms with van der Waals surface area (Å²) in [4.78, 5) is 41.5. The molecule has 0 aromatic heterocycles. The number of rotatable bonds is 4. The summed E-state index contributed by atoms with van der Waals surface area (Å²) in [5, 5.41) is 0. The Hall–Kier alpha value is -2.61. The lowest BCUT2D eigenvalue weighted by molar-refractivity contribution is -0.173. The van der Waals surface area contributed by atoms with E-state index >= 15 is 0 Å². The largest absolute Gasteiger partial charge is 0.448 e. The molecule has 24 heavy (non-hydrogen) atoms. The number of piperidine rings is 1. The van der Waals surface area contributed by atoms with Crippen LogP contribution in [-0.2, 0) is 19.1 Å². The topological polar surface area (TPSA) is 94.2 Å². The molecule has 1 N–H and O–H groups in total. The first-order chi connectivity index (χ1) is 11.6. The maximum atomic E-state index is 11.7. The second kappa shape index (κ2) is 8.88. The van der Waals surface area contributed by atoms with E-state index in [0.717, 1.165) is 32.4 Å². The van der Waals surface area contributed by atoms with Gasteiger partial charge in [-0.2, -0.15) is 5.48 Å². The van der Waals surface area contributed by atoms with Crippen molar-refractivity contribution in [3.8, 4) is 5.75 Å². The smallest absolute Gasteiger partial charge is 0.438 e. The molecule has 0 unspecified atom stereocenters. The number of para-hydroxylation sites is 1. The average molecular weight is 336 g/mol. The number of esters is 2. The number of hydrogen-bond acceptors (Lipinski definition) is 7. The number of amides is 1. The van der Waals surface area contributed by atoms with E-state index in [4.69, 9.17) is 9.57 Å². The molecule has 0 radical (unpaired) electrons. The predicted molar refractivity (Wildman–Crippen MR) is 82.7 cm³/mol. The van der Waals surface area contributed by atoms with Crippen LogP contribution < -0.4 is 10.3 Å². The van der Waals surface area contributed by atoms with Gasteiger partial charge < -0.3 is 14.3 Å². The number of nitrogens with zero attached hydrogens (tertiary/aromatic N) is 1. The summed E-state index contributed by atoms with van der Waals surface area (Å²) in [6.07, 6.45) is 1.43. The third kappa shape index (κ3) is 5.54. The van der Waals surface area contributed by atoms with E-state index in [1.54, 1.807) is 37.3 Å². The highest BCUT2D eigenvalue weighted by molar-refractivity contribution is 6.31. The van der Waals surface area contributed by atoms with Crippen molar-refractivity contribution in [1.82, 2.24) is 10.4 Å². The number of benzene rings is 1. The van der Waals surface area contributed by atoms with Crippen LogP contribution in [0.5, 0.6) is 5.75 Å². The second-order valence-corrected chi connectivity index (χ2v) is 5.30. The fourth-order valence-electron chi connectivity index (χ4n) is 2.30. The molecule has 0 bridgehead atoms. The van der Waals surface area contributed by atoms with Gasteiger partial charge >= 0.3 is 18.0 Å². The van der Waals surface area contributed by atoms with Gasteiger partial charge in [-0.15, -0.1) is 0 Å². The van der Waals surface area contributed by atoms with Crippen LogP contribution in [0.15, 0.2) is 30.3 Å². The highest BCUT2D eigenvalue weighted by Gasteiger charge is 2.26. The van der Waals surface area contributed by atoms with E-state index in [9.17, 15) is 14.4 Å². The van der Waals surface area contributed by atoms with Gasteiger partial charge in [-0.25, -0.2) is 14.4 Å². The first-order valence-corrected chi connectivity index (χ1v) is 7.75. The number of ether oxygens (including phenoxy) is 2. The first kappa shape index (κ1) is 17.7. The number of nitrogens with one attached hydrogen (secondary N) is 1. The van der Waals surface area contributed by atoms with Crippen molar-refractivity contribution in [2.24, 2.45) is 0 Å². The summed E-state index contributed by atoms with van der Waals surface area (Å²) < 4.78 is 9.32. The quantitative estimate of drug-likeness (QED) is 0.386. The van der Waals surface area contributed by atoms with Crippen molar-refractivity contribution in [3.05, 3.63) is 30.3 Å². The molecule has 8 nitrogen and oxygen atoms in total. The van der Waals surface area contributed by atoms with Gasteiger partial charge in [-0.3, -0.25) is 4.90 Å². The molecule has 1 saturated heterocycles. The summed E-state index contributed by atoms with van der Waals surface area (Å²) in [5.74, 6) is -2.26. The van der Waals surface area contributed by atoms with Crippen molar-refractivity contribution in [2.45, 2.75) is 32.4 Å². The number of carbonyl (C=O) groups excluding carboxylic acids is 3. The fourth-order valence-corrected chi connectivity index (χ4v) is 2.30. The van der Waals surface area contributed by atoms with Crippen molar-refractivity contribution in [1.29, 1.82) is 0 Å². The van der Waals surface area contributed by atoms with Crippen LogP contribution in [0.4, 0.5) is 4.79 Å². The van der Waals surface area contributed by atoms with Crippen LogP contribution in [-0.4, -0.2) is 42.2 Å². The Morgan fingerprint density at radius 2 is 1.71 bits per heavy atom. The van der Waals surface area contributed by atoms with Gasteiger partial charge in [0.05, 0.1) is 0 Å². The molecule has 1 amide bonds. The van der Waals surface area contributed by atoms with E-state index in [0.29, 0.717) is 5.75 Å². The van der Waals surface area contributed by atoms with Crippen molar-refractivity contribution in [2.75, 3.05) is 13.1 Å². The molecule has 1 aromatic carbocycles. The Morgan fingerprint density at radius 3 is 2.38 bits per heavy atom. The molecule has 1 aromatic rings. The SMILES string of the molecule is C[C@H](OC(=O)C(=O)OC(=O)NOc1ccccc1)N1CCCCC1. The van der Waals surface area contributed by atoms with Crippen molar-refractivity contribution < 1.29 is 28.7 Å². The number of carbonyl (C=O) groups is 3. The minimum atomic E-state index is -1.40. The standard InChI is InChI=1S/C16H20N2O6/c1-12(18-10-6-3-7-11-18)22-14(19)15(20)23-16(21)17-24-13-8-4-2-5-9-13/h2,4-5,8-9,12H,3,6-7,10-11H2,1H3,(H,17,21)/t12-/m0/s1. The molecule has 1 aliphatic rings. The van der Waals surface area contributed by atoms with Crippen molar-refractivity contribution in [3.63, 3.8) is 0 Å². The lowest BCUT2D eigenvalue weighted by Crippen LogP contribution is -2.42. The zero-order chi connectivity index (χ0) is 17.4. The average Bonchev–Trinajstić information content (AvgIpc) is 2.61. The zero-order valence-electron chi connectivity index (χ0n) is 13.4. The van der Waals surface area contributed by atoms with Gasteiger partial charge in [-0.05, 0) is 31.9 Å². The van der Waals surface area contributed by atoms with Crippen molar-refractivity contribution >= 4 is 18.0 Å². The van der Waals surface area contributed by atoms with E-state index in [1.807, 2.05) is 10.4 Å². The van der Waals surface area contributed by atoms with Gasteiger partial charge in [-0.1, -0.05) is 24.6 Å². The minimum Gasteiger partial charge on any atom is -0.438 e. The highest BCUT2D eigenvalue weighted by Crippen LogP contribution is 2.13. The third-order valence-electron chi connectivity index (χ3n) is 3.53. The minimum absolute atomic E-state index is 0.350. The summed E-state index contributed by atoms with van der Waals surface area (Å²) in [5.41, 5.74) is 1.90. The predicted octanol–water partition coefficient (Wildman–Crippen LogP) is 1.61. The van der Waals surface area contributed by atoms with Crippen LogP contribution >= 0.6 is 0 Å². The molecule has 0 spiro atoms. The lowest BCUT2D eigenvalue weighted by atomic mass is 10.1. The Bertz CT molecular complexity index is 571. The Morgan fingerprint density at radius 1 is 1.04 bits per heavy atom. The Labute approximate surface area is 139 Å². The summed E-state index contributed by atoms with van der Waals surface area (Å²) in [7, 11) is 0. The summed E-state index contributed by atoms with van der Waals surface area (Å²) >= 11 is 0. The number of hydrogen-bond donors (Lipinski definition) is 1. The zero-order valence-corrected chi connectivity index (χ0v) is 13.4. The van der Waals surface area contributed by atoms with Gasteiger partial charge in [0, 0.05) is 13.1 Å². The number of hydroxylamine groups is 1. The molecule has 0 aliphatic carbocycles. The molecule has 8 heteroatoms. The molecule has 1 atom stereocenters. The fraction of sp³-hybridized carbons (Fsp3) is 0.438. The normalized spacial score (nSPS) is 15.9. The Kier molecular flexibility index (Phi) is 6.56. The Balaban J connectivity index is 1.72.